The summed E-state index contributed by atoms with van der Waals surface area (Å²) in [7, 11) is -3.35. The molecule has 0 aromatic carbocycles. The zero-order valence-corrected chi connectivity index (χ0v) is 13.5. The van der Waals surface area contributed by atoms with Gasteiger partial charge in [-0.25, -0.2) is 0 Å². The molecule has 118 valence electrons. The molecule has 0 aromatic rings. The number of nitrogens with one attached hydrogen (secondary N) is 1. The number of hydrogen-bond donors (Lipinski definition) is 2. The van der Waals surface area contributed by atoms with Crippen LogP contribution in [0.5, 0.6) is 0 Å². The minimum absolute atomic E-state index is 0.0921. The molecule has 1 saturated heterocycles. The van der Waals surface area contributed by atoms with Crippen LogP contribution in [0, 0.1) is 17.8 Å². The first-order valence-electron chi connectivity index (χ1n) is 7.90. The molecule has 0 amide bonds. The Labute approximate surface area is 123 Å². The second-order valence-corrected chi connectivity index (χ2v) is 8.43. The van der Waals surface area contributed by atoms with Crippen LogP contribution < -0.4 is 10.5 Å². The molecule has 4 unspecified atom stereocenters. The lowest BCUT2D eigenvalue weighted by molar-refractivity contribution is 0.234. The molecule has 2 fully saturated rings. The van der Waals surface area contributed by atoms with Gasteiger partial charge in [-0.1, -0.05) is 13.8 Å². The summed E-state index contributed by atoms with van der Waals surface area (Å²) in [4.78, 5) is 0. The first kappa shape index (κ1) is 16.2. The van der Waals surface area contributed by atoms with Crippen molar-refractivity contribution in [1.82, 2.24) is 9.03 Å². The van der Waals surface area contributed by atoms with Crippen molar-refractivity contribution in [3.8, 4) is 0 Å². The van der Waals surface area contributed by atoms with Crippen LogP contribution in [-0.4, -0.2) is 38.4 Å². The average molecular weight is 303 g/mol. The maximum atomic E-state index is 12.5. The van der Waals surface area contributed by atoms with E-state index in [1.165, 1.54) is 0 Å². The summed E-state index contributed by atoms with van der Waals surface area (Å²) in [6.45, 7) is 6.18. The Morgan fingerprint density at radius 3 is 2.65 bits per heavy atom. The standard InChI is InChI=1S/C14H29N3O2S/c1-11-5-6-14(12(2)8-11)16-20(18,19)17-7-3-4-13(9-15)10-17/h11-14,16H,3-10,15H2,1-2H3. The lowest BCUT2D eigenvalue weighted by atomic mass is 9.80. The third kappa shape index (κ3) is 3.93. The van der Waals surface area contributed by atoms with Crippen molar-refractivity contribution < 1.29 is 8.42 Å². The summed E-state index contributed by atoms with van der Waals surface area (Å²) in [5.41, 5.74) is 5.69. The van der Waals surface area contributed by atoms with Crippen LogP contribution in [0.2, 0.25) is 0 Å². The molecule has 3 N–H and O–H groups in total. The molecule has 4 atom stereocenters. The molecule has 1 heterocycles. The van der Waals surface area contributed by atoms with E-state index in [0.717, 1.165) is 32.1 Å². The van der Waals surface area contributed by atoms with Crippen molar-refractivity contribution >= 4 is 10.2 Å². The molecule has 1 saturated carbocycles. The van der Waals surface area contributed by atoms with E-state index < -0.39 is 10.2 Å². The number of rotatable bonds is 4. The van der Waals surface area contributed by atoms with Gasteiger partial charge in [0.2, 0.25) is 0 Å². The fourth-order valence-corrected chi connectivity index (χ4v) is 5.20. The Kier molecular flexibility index (Phi) is 5.45. The van der Waals surface area contributed by atoms with Crippen LogP contribution in [0.1, 0.15) is 46.0 Å². The van der Waals surface area contributed by atoms with E-state index in [2.05, 4.69) is 18.6 Å². The quantitative estimate of drug-likeness (QED) is 0.822. The maximum absolute atomic E-state index is 12.5. The lowest BCUT2D eigenvalue weighted by Crippen LogP contribution is -2.52. The van der Waals surface area contributed by atoms with Crippen LogP contribution in [0.25, 0.3) is 0 Å². The van der Waals surface area contributed by atoms with E-state index in [0.29, 0.717) is 37.4 Å². The molecule has 6 heteroatoms. The van der Waals surface area contributed by atoms with Gasteiger partial charge in [0.1, 0.15) is 0 Å². The third-order valence-corrected chi connectivity index (χ3v) is 6.50. The van der Waals surface area contributed by atoms with Crippen LogP contribution in [0.3, 0.4) is 0 Å². The molecule has 0 radical (unpaired) electrons. The zero-order valence-electron chi connectivity index (χ0n) is 12.7. The van der Waals surface area contributed by atoms with Crippen LogP contribution in [0.15, 0.2) is 0 Å². The van der Waals surface area contributed by atoms with Crippen molar-refractivity contribution in [1.29, 1.82) is 0 Å². The first-order valence-corrected chi connectivity index (χ1v) is 9.34. The van der Waals surface area contributed by atoms with Gasteiger partial charge in [-0.3, -0.25) is 0 Å². The van der Waals surface area contributed by atoms with Crippen molar-refractivity contribution in [2.75, 3.05) is 19.6 Å². The largest absolute Gasteiger partial charge is 0.330 e. The van der Waals surface area contributed by atoms with Crippen molar-refractivity contribution in [3.05, 3.63) is 0 Å². The topological polar surface area (TPSA) is 75.4 Å². The predicted octanol–water partition coefficient (Wildman–Crippen LogP) is 1.32. The first-order chi connectivity index (χ1) is 9.42. The van der Waals surface area contributed by atoms with Crippen molar-refractivity contribution in [3.63, 3.8) is 0 Å². The Hall–Kier alpha value is -0.170. The molecule has 5 nitrogen and oxygen atoms in total. The van der Waals surface area contributed by atoms with Gasteiger partial charge in [-0.2, -0.15) is 17.4 Å². The van der Waals surface area contributed by atoms with Crippen LogP contribution >= 0.6 is 0 Å². The molecule has 1 aliphatic heterocycles. The zero-order chi connectivity index (χ0) is 14.8. The number of nitrogens with zero attached hydrogens (tertiary/aromatic N) is 1. The highest BCUT2D eigenvalue weighted by Gasteiger charge is 2.33. The predicted molar refractivity (Wildman–Crippen MR) is 81.4 cm³/mol. The van der Waals surface area contributed by atoms with E-state index >= 15 is 0 Å². The van der Waals surface area contributed by atoms with Gasteiger partial charge in [0.15, 0.2) is 0 Å². The second-order valence-electron chi connectivity index (χ2n) is 6.73. The second kappa shape index (κ2) is 6.73. The highest BCUT2D eigenvalue weighted by Crippen LogP contribution is 2.29. The number of hydrogen-bond acceptors (Lipinski definition) is 3. The lowest BCUT2D eigenvalue weighted by Gasteiger charge is -2.36. The molecule has 0 bridgehead atoms. The van der Waals surface area contributed by atoms with Gasteiger partial charge in [0.25, 0.3) is 10.2 Å². The highest BCUT2D eigenvalue weighted by molar-refractivity contribution is 7.87. The normalized spacial score (nSPS) is 37.0. The Bertz CT molecular complexity index is 413. The van der Waals surface area contributed by atoms with E-state index in [-0.39, 0.29) is 6.04 Å². The summed E-state index contributed by atoms with van der Waals surface area (Å²) in [5, 5.41) is 0. The van der Waals surface area contributed by atoms with Gasteiger partial charge in [0.05, 0.1) is 0 Å². The van der Waals surface area contributed by atoms with E-state index in [4.69, 9.17) is 5.73 Å². The third-order valence-electron chi connectivity index (χ3n) is 4.89. The molecule has 2 aliphatic rings. The van der Waals surface area contributed by atoms with Gasteiger partial charge in [-0.15, -0.1) is 0 Å². The van der Waals surface area contributed by atoms with Crippen molar-refractivity contribution in [2.45, 2.75) is 52.0 Å². The average Bonchev–Trinajstić information content (AvgIpc) is 2.42. The van der Waals surface area contributed by atoms with E-state index in [1.807, 2.05) is 0 Å². The van der Waals surface area contributed by atoms with Gasteiger partial charge in [-0.05, 0) is 56.4 Å². The highest BCUT2D eigenvalue weighted by atomic mass is 32.2. The molecule has 1 aliphatic carbocycles. The van der Waals surface area contributed by atoms with Gasteiger partial charge < -0.3 is 5.73 Å². The minimum Gasteiger partial charge on any atom is -0.330 e. The van der Waals surface area contributed by atoms with Gasteiger partial charge in [0, 0.05) is 19.1 Å². The Balaban J connectivity index is 1.96. The summed E-state index contributed by atoms with van der Waals surface area (Å²) in [6, 6.07) is 0.0921. The molecule has 0 aromatic heterocycles. The molecular weight excluding hydrogens is 274 g/mol. The van der Waals surface area contributed by atoms with Crippen LogP contribution in [0.4, 0.5) is 0 Å². The fourth-order valence-electron chi connectivity index (χ4n) is 3.54. The number of piperidine rings is 1. The summed E-state index contributed by atoms with van der Waals surface area (Å²) in [6.07, 6.45) is 5.14. The number of nitrogens with two attached hydrogens (primary N) is 1. The smallest absolute Gasteiger partial charge is 0.279 e. The Morgan fingerprint density at radius 2 is 2.00 bits per heavy atom. The molecule has 0 spiro atoms. The summed E-state index contributed by atoms with van der Waals surface area (Å²) < 4.78 is 29.6. The maximum Gasteiger partial charge on any atom is 0.279 e. The monoisotopic (exact) mass is 303 g/mol. The van der Waals surface area contributed by atoms with Crippen LogP contribution in [-0.2, 0) is 10.2 Å². The molecule has 20 heavy (non-hydrogen) atoms. The Morgan fingerprint density at radius 1 is 1.25 bits per heavy atom. The summed E-state index contributed by atoms with van der Waals surface area (Å²) >= 11 is 0. The molecule has 2 rings (SSSR count). The minimum atomic E-state index is -3.35. The SMILES string of the molecule is CC1CCC(NS(=O)(=O)N2CCCC(CN)C2)C(C)C1. The van der Waals surface area contributed by atoms with E-state index in [9.17, 15) is 8.42 Å². The van der Waals surface area contributed by atoms with E-state index in [1.54, 1.807) is 4.31 Å². The fraction of sp³-hybridized carbons (Fsp3) is 1.00. The molecular formula is C14H29N3O2S. The van der Waals surface area contributed by atoms with Gasteiger partial charge >= 0.3 is 0 Å². The summed E-state index contributed by atoms with van der Waals surface area (Å²) in [5.74, 6) is 1.44. The van der Waals surface area contributed by atoms with Crippen molar-refractivity contribution in [2.24, 2.45) is 23.5 Å².